The standard InChI is InChI=1S/C16H29NO3/c1-6-17-12(14(18)19-5)10-20-13-9-11-7-8-16(13,4)15(11,2)3/h11-13,17H,6-10H2,1-5H3. The number of ether oxygens (including phenoxy) is 2. The maximum atomic E-state index is 11.7. The number of likely N-dealkylation sites (N-methyl/N-ethyl adjacent to an activating group) is 1. The molecule has 0 aromatic carbocycles. The van der Waals surface area contributed by atoms with Gasteiger partial charge >= 0.3 is 5.97 Å². The number of hydrogen-bond donors (Lipinski definition) is 1. The number of carbonyl (C=O) groups excluding carboxylic acids is 1. The first-order valence-corrected chi connectivity index (χ1v) is 7.79. The van der Waals surface area contributed by atoms with E-state index in [0.29, 0.717) is 12.0 Å². The van der Waals surface area contributed by atoms with Crippen LogP contribution in [0, 0.1) is 16.7 Å². The fraction of sp³-hybridized carbons (Fsp3) is 0.938. The number of methoxy groups -OCH3 is 1. The third-order valence-electron chi connectivity index (χ3n) is 6.11. The number of nitrogens with one attached hydrogen (secondary N) is 1. The summed E-state index contributed by atoms with van der Waals surface area (Å²) in [5.74, 6) is 0.521. The Hall–Kier alpha value is -0.610. The summed E-state index contributed by atoms with van der Waals surface area (Å²) >= 11 is 0. The normalized spacial score (nSPS) is 36.0. The molecule has 0 aromatic rings. The quantitative estimate of drug-likeness (QED) is 0.760. The van der Waals surface area contributed by atoms with Crippen molar-refractivity contribution >= 4 is 5.97 Å². The lowest BCUT2D eigenvalue weighted by molar-refractivity contribution is -0.146. The topological polar surface area (TPSA) is 47.6 Å². The molecule has 0 aromatic heterocycles. The predicted molar refractivity (Wildman–Crippen MR) is 78.4 cm³/mol. The van der Waals surface area contributed by atoms with Gasteiger partial charge in [0.1, 0.15) is 6.04 Å². The van der Waals surface area contributed by atoms with E-state index in [1.807, 2.05) is 6.92 Å². The Balaban J connectivity index is 1.96. The lowest BCUT2D eigenvalue weighted by atomic mass is 9.70. The summed E-state index contributed by atoms with van der Waals surface area (Å²) in [5, 5.41) is 3.14. The van der Waals surface area contributed by atoms with Gasteiger partial charge in [0, 0.05) is 0 Å². The van der Waals surface area contributed by atoms with Crippen LogP contribution in [-0.4, -0.2) is 38.4 Å². The van der Waals surface area contributed by atoms with E-state index in [1.165, 1.54) is 20.0 Å². The Labute approximate surface area is 122 Å². The summed E-state index contributed by atoms with van der Waals surface area (Å²) in [6.07, 6.45) is 3.95. The number of fused-ring (bicyclic) bond motifs is 2. The Bertz CT molecular complexity index is 369. The van der Waals surface area contributed by atoms with Crippen LogP contribution in [0.4, 0.5) is 0 Å². The van der Waals surface area contributed by atoms with Gasteiger partial charge in [-0.3, -0.25) is 4.79 Å². The summed E-state index contributed by atoms with van der Waals surface area (Å²) in [7, 11) is 1.43. The molecule has 0 spiro atoms. The second-order valence-corrected chi connectivity index (χ2v) is 7.07. The summed E-state index contributed by atoms with van der Waals surface area (Å²) in [6, 6.07) is -0.351. The molecule has 4 nitrogen and oxygen atoms in total. The van der Waals surface area contributed by atoms with Crippen LogP contribution in [-0.2, 0) is 14.3 Å². The zero-order valence-corrected chi connectivity index (χ0v) is 13.5. The van der Waals surface area contributed by atoms with Crippen LogP contribution in [0.25, 0.3) is 0 Å². The van der Waals surface area contributed by atoms with Crippen LogP contribution in [0.15, 0.2) is 0 Å². The second kappa shape index (κ2) is 5.64. The Morgan fingerprint density at radius 1 is 1.40 bits per heavy atom. The Morgan fingerprint density at radius 2 is 2.10 bits per heavy atom. The largest absolute Gasteiger partial charge is 0.468 e. The van der Waals surface area contributed by atoms with Crippen LogP contribution in [0.2, 0.25) is 0 Å². The molecule has 2 aliphatic rings. The molecule has 116 valence electrons. The molecule has 2 aliphatic carbocycles. The van der Waals surface area contributed by atoms with Crippen molar-refractivity contribution in [3.63, 3.8) is 0 Å². The van der Waals surface area contributed by atoms with E-state index in [9.17, 15) is 4.79 Å². The van der Waals surface area contributed by atoms with Gasteiger partial charge in [-0.15, -0.1) is 0 Å². The van der Waals surface area contributed by atoms with E-state index in [2.05, 4.69) is 26.1 Å². The maximum absolute atomic E-state index is 11.7. The fourth-order valence-electron chi connectivity index (χ4n) is 4.19. The summed E-state index contributed by atoms with van der Waals surface area (Å²) in [5.41, 5.74) is 0.584. The van der Waals surface area contributed by atoms with Crippen molar-refractivity contribution in [3.05, 3.63) is 0 Å². The smallest absolute Gasteiger partial charge is 0.325 e. The number of hydrogen-bond acceptors (Lipinski definition) is 4. The highest BCUT2D eigenvalue weighted by atomic mass is 16.5. The van der Waals surface area contributed by atoms with Crippen molar-refractivity contribution in [2.45, 2.75) is 59.1 Å². The monoisotopic (exact) mass is 283 g/mol. The average molecular weight is 283 g/mol. The molecule has 4 atom stereocenters. The average Bonchev–Trinajstić information content (AvgIpc) is 2.75. The highest BCUT2D eigenvalue weighted by Crippen LogP contribution is 2.66. The highest BCUT2D eigenvalue weighted by Gasteiger charge is 2.61. The van der Waals surface area contributed by atoms with Crippen molar-refractivity contribution in [1.29, 1.82) is 0 Å². The molecule has 0 aliphatic heterocycles. The minimum absolute atomic E-state index is 0.237. The van der Waals surface area contributed by atoms with E-state index in [-0.39, 0.29) is 23.5 Å². The van der Waals surface area contributed by atoms with Gasteiger partial charge in [-0.25, -0.2) is 0 Å². The Kier molecular flexibility index (Phi) is 4.45. The van der Waals surface area contributed by atoms with Gasteiger partial charge < -0.3 is 14.8 Å². The number of esters is 1. The van der Waals surface area contributed by atoms with E-state index in [1.54, 1.807) is 0 Å². The Morgan fingerprint density at radius 3 is 2.55 bits per heavy atom. The first-order valence-electron chi connectivity index (χ1n) is 7.79. The van der Waals surface area contributed by atoms with E-state index in [4.69, 9.17) is 9.47 Å². The molecule has 2 saturated carbocycles. The molecular formula is C16H29NO3. The molecule has 0 saturated heterocycles. The highest BCUT2D eigenvalue weighted by molar-refractivity contribution is 5.75. The molecule has 0 amide bonds. The molecule has 0 radical (unpaired) electrons. The van der Waals surface area contributed by atoms with Crippen molar-refractivity contribution < 1.29 is 14.3 Å². The molecule has 2 bridgehead atoms. The zero-order chi connectivity index (χ0) is 15.0. The summed E-state index contributed by atoms with van der Waals surface area (Å²) < 4.78 is 11.0. The molecule has 4 unspecified atom stereocenters. The molecular weight excluding hydrogens is 254 g/mol. The zero-order valence-electron chi connectivity index (χ0n) is 13.5. The molecule has 2 rings (SSSR count). The van der Waals surface area contributed by atoms with E-state index in [0.717, 1.165) is 18.9 Å². The minimum Gasteiger partial charge on any atom is -0.468 e. The van der Waals surface area contributed by atoms with E-state index >= 15 is 0 Å². The maximum Gasteiger partial charge on any atom is 0.325 e. The molecule has 2 fully saturated rings. The predicted octanol–water partition coefficient (Wildman–Crippen LogP) is 2.37. The van der Waals surface area contributed by atoms with E-state index < -0.39 is 0 Å². The molecule has 0 heterocycles. The first-order chi connectivity index (χ1) is 9.36. The van der Waals surface area contributed by atoms with Gasteiger partial charge in [-0.05, 0) is 42.6 Å². The van der Waals surface area contributed by atoms with Gasteiger partial charge in [-0.1, -0.05) is 27.7 Å². The van der Waals surface area contributed by atoms with Gasteiger partial charge in [0.2, 0.25) is 0 Å². The third-order valence-corrected chi connectivity index (χ3v) is 6.11. The van der Waals surface area contributed by atoms with Crippen LogP contribution in [0.3, 0.4) is 0 Å². The summed E-state index contributed by atoms with van der Waals surface area (Å²) in [4.78, 5) is 11.7. The van der Waals surface area contributed by atoms with Gasteiger partial charge in [0.25, 0.3) is 0 Å². The minimum atomic E-state index is -0.351. The van der Waals surface area contributed by atoms with Crippen LogP contribution in [0.5, 0.6) is 0 Å². The molecule has 20 heavy (non-hydrogen) atoms. The SMILES string of the molecule is CCNC(COC1CC2CCC1(C)C2(C)C)C(=O)OC. The van der Waals surface area contributed by atoms with Crippen molar-refractivity contribution in [2.75, 3.05) is 20.3 Å². The summed E-state index contributed by atoms with van der Waals surface area (Å²) in [6.45, 7) is 10.2. The molecule has 1 N–H and O–H groups in total. The third kappa shape index (κ3) is 2.37. The number of carbonyl (C=O) groups is 1. The van der Waals surface area contributed by atoms with Crippen molar-refractivity contribution in [3.8, 4) is 0 Å². The lowest BCUT2D eigenvalue weighted by Crippen LogP contribution is -2.44. The second-order valence-electron chi connectivity index (χ2n) is 7.07. The van der Waals surface area contributed by atoms with Gasteiger partial charge in [-0.2, -0.15) is 0 Å². The first kappa shape index (κ1) is 15.8. The van der Waals surface area contributed by atoms with Crippen LogP contribution in [0.1, 0.15) is 47.0 Å². The van der Waals surface area contributed by atoms with Crippen molar-refractivity contribution in [1.82, 2.24) is 5.32 Å². The van der Waals surface area contributed by atoms with Gasteiger partial charge in [0.15, 0.2) is 0 Å². The van der Waals surface area contributed by atoms with Crippen LogP contribution >= 0.6 is 0 Å². The van der Waals surface area contributed by atoms with Gasteiger partial charge in [0.05, 0.1) is 19.8 Å². The number of rotatable bonds is 6. The molecule has 4 heteroatoms. The fourth-order valence-corrected chi connectivity index (χ4v) is 4.19. The van der Waals surface area contributed by atoms with Crippen molar-refractivity contribution in [2.24, 2.45) is 16.7 Å². The lowest BCUT2D eigenvalue weighted by Gasteiger charge is -2.39. The van der Waals surface area contributed by atoms with Crippen LogP contribution < -0.4 is 5.32 Å².